The van der Waals surface area contributed by atoms with E-state index in [9.17, 15) is 4.79 Å². The van der Waals surface area contributed by atoms with Crippen molar-refractivity contribution < 1.29 is 13.6 Å². The number of carbonyl (C=O) groups excluding carboxylic acids is 1. The molecule has 1 atom stereocenters. The van der Waals surface area contributed by atoms with Gasteiger partial charge in [-0.2, -0.15) is 0 Å². The van der Waals surface area contributed by atoms with E-state index in [-0.39, 0.29) is 11.7 Å². The largest absolute Gasteiger partial charge is 0.459 e. The van der Waals surface area contributed by atoms with E-state index < -0.39 is 5.25 Å². The molecule has 140 valence electrons. The normalized spacial score (nSPS) is 12.1. The molecule has 5 nitrogen and oxygen atoms in total. The second-order valence-corrected chi connectivity index (χ2v) is 7.55. The zero-order valence-electron chi connectivity index (χ0n) is 15.5. The van der Waals surface area contributed by atoms with E-state index in [1.54, 1.807) is 18.4 Å². The third-order valence-corrected chi connectivity index (χ3v) is 5.40. The van der Waals surface area contributed by atoms with Crippen LogP contribution in [0.4, 0.5) is 0 Å². The fourth-order valence-corrected chi connectivity index (χ4v) is 3.69. The average molecular weight is 390 g/mol. The van der Waals surface area contributed by atoms with Gasteiger partial charge >= 0.3 is 0 Å². The molecule has 0 spiro atoms. The molecular weight excluding hydrogens is 372 g/mol. The molecule has 0 aliphatic carbocycles. The van der Waals surface area contributed by atoms with Crippen molar-refractivity contribution in [1.29, 1.82) is 0 Å². The molecule has 0 saturated heterocycles. The number of ketones is 1. The number of thioether (sulfide) groups is 1. The van der Waals surface area contributed by atoms with Crippen LogP contribution in [0.2, 0.25) is 0 Å². The highest BCUT2D eigenvalue weighted by Crippen LogP contribution is 2.38. The summed E-state index contributed by atoms with van der Waals surface area (Å²) in [5, 5.41) is 7.92. The van der Waals surface area contributed by atoms with Gasteiger partial charge in [0, 0.05) is 5.56 Å². The van der Waals surface area contributed by atoms with Gasteiger partial charge in [0.25, 0.3) is 11.1 Å². The number of carbonyl (C=O) groups is 1. The van der Waals surface area contributed by atoms with Gasteiger partial charge in [-0.1, -0.05) is 59.7 Å². The molecule has 4 rings (SSSR count). The molecule has 4 aromatic rings. The zero-order chi connectivity index (χ0) is 19.5. The van der Waals surface area contributed by atoms with Gasteiger partial charge in [-0.15, -0.1) is 10.2 Å². The van der Waals surface area contributed by atoms with Crippen LogP contribution in [0.15, 0.2) is 81.0 Å². The van der Waals surface area contributed by atoms with Gasteiger partial charge in [0.05, 0.1) is 6.26 Å². The van der Waals surface area contributed by atoms with Crippen LogP contribution in [0, 0.1) is 13.8 Å². The van der Waals surface area contributed by atoms with Crippen LogP contribution in [-0.4, -0.2) is 16.0 Å². The summed E-state index contributed by atoms with van der Waals surface area (Å²) < 4.78 is 11.0. The van der Waals surface area contributed by atoms with Crippen molar-refractivity contribution >= 4 is 17.5 Å². The van der Waals surface area contributed by atoms with Gasteiger partial charge in [0.1, 0.15) is 5.25 Å². The van der Waals surface area contributed by atoms with Crippen molar-refractivity contribution in [3.8, 4) is 11.7 Å². The van der Waals surface area contributed by atoms with Crippen LogP contribution in [-0.2, 0) is 0 Å². The first-order valence-corrected chi connectivity index (χ1v) is 9.69. The quantitative estimate of drug-likeness (QED) is 0.312. The molecule has 28 heavy (non-hydrogen) atoms. The van der Waals surface area contributed by atoms with E-state index in [4.69, 9.17) is 8.83 Å². The van der Waals surface area contributed by atoms with E-state index >= 15 is 0 Å². The summed E-state index contributed by atoms with van der Waals surface area (Å²) in [6.07, 6.45) is 1.54. The van der Waals surface area contributed by atoms with Crippen molar-refractivity contribution in [2.24, 2.45) is 0 Å². The van der Waals surface area contributed by atoms with Gasteiger partial charge in [-0.25, -0.2) is 0 Å². The molecule has 0 aliphatic heterocycles. The topological polar surface area (TPSA) is 69.1 Å². The molecule has 0 bridgehead atoms. The third-order valence-electron chi connectivity index (χ3n) is 4.31. The van der Waals surface area contributed by atoms with Crippen LogP contribution in [0.1, 0.15) is 32.3 Å². The lowest BCUT2D eigenvalue weighted by atomic mass is 10.0. The lowest BCUT2D eigenvalue weighted by Crippen LogP contribution is -2.10. The van der Waals surface area contributed by atoms with Crippen LogP contribution >= 0.6 is 11.8 Å². The Balaban J connectivity index is 1.66. The first-order chi connectivity index (χ1) is 13.6. The second kappa shape index (κ2) is 7.86. The molecule has 2 aromatic heterocycles. The maximum Gasteiger partial charge on any atom is 0.284 e. The van der Waals surface area contributed by atoms with Crippen LogP contribution in [0.3, 0.4) is 0 Å². The fraction of sp³-hybridized carbons (Fsp3) is 0.136. The number of hydrogen-bond acceptors (Lipinski definition) is 6. The van der Waals surface area contributed by atoms with Gasteiger partial charge in [-0.05, 0) is 43.3 Å². The molecule has 0 unspecified atom stereocenters. The van der Waals surface area contributed by atoms with Crippen LogP contribution < -0.4 is 0 Å². The van der Waals surface area contributed by atoms with E-state index in [0.29, 0.717) is 16.5 Å². The van der Waals surface area contributed by atoms with Gasteiger partial charge < -0.3 is 8.83 Å². The zero-order valence-corrected chi connectivity index (χ0v) is 16.3. The predicted molar refractivity (Wildman–Crippen MR) is 107 cm³/mol. The Kier molecular flexibility index (Phi) is 5.12. The minimum atomic E-state index is -0.492. The number of nitrogens with zero attached hydrogens (tertiary/aromatic N) is 2. The molecule has 0 amide bonds. The number of aryl methyl sites for hydroxylation is 2. The molecule has 0 saturated carbocycles. The summed E-state index contributed by atoms with van der Waals surface area (Å²) in [6, 6.07) is 19.0. The van der Waals surface area contributed by atoms with Crippen molar-refractivity contribution in [2.75, 3.05) is 0 Å². The Morgan fingerprint density at radius 2 is 1.61 bits per heavy atom. The Bertz CT molecular complexity index is 1070. The SMILES string of the molecule is Cc1ccc(C(=O)[C@H](Sc2nnc(-c3ccco3)o2)c2ccc(C)cc2)cc1. The Morgan fingerprint density at radius 3 is 2.25 bits per heavy atom. The van der Waals surface area contributed by atoms with Gasteiger partial charge in [0.2, 0.25) is 0 Å². The highest BCUT2D eigenvalue weighted by atomic mass is 32.2. The van der Waals surface area contributed by atoms with Crippen molar-refractivity contribution in [1.82, 2.24) is 10.2 Å². The van der Waals surface area contributed by atoms with E-state index in [2.05, 4.69) is 10.2 Å². The number of furan rings is 1. The van der Waals surface area contributed by atoms with E-state index in [1.807, 2.05) is 62.4 Å². The number of rotatable bonds is 6. The Hall–Kier alpha value is -3.12. The van der Waals surface area contributed by atoms with Crippen molar-refractivity contribution in [3.05, 3.63) is 89.2 Å². The summed E-state index contributed by atoms with van der Waals surface area (Å²) >= 11 is 1.24. The van der Waals surface area contributed by atoms with E-state index in [0.717, 1.165) is 16.7 Å². The lowest BCUT2D eigenvalue weighted by Gasteiger charge is -2.14. The minimum absolute atomic E-state index is 0.00778. The summed E-state index contributed by atoms with van der Waals surface area (Å²) in [7, 11) is 0. The molecule has 0 fully saturated rings. The highest BCUT2D eigenvalue weighted by Gasteiger charge is 2.26. The Labute approximate surface area is 166 Å². The predicted octanol–water partition coefficient (Wildman–Crippen LogP) is 5.66. The van der Waals surface area contributed by atoms with Crippen molar-refractivity contribution in [3.63, 3.8) is 0 Å². The molecule has 0 aliphatic rings. The number of aromatic nitrogens is 2. The van der Waals surface area contributed by atoms with Gasteiger partial charge in [0.15, 0.2) is 11.5 Å². The molecule has 2 heterocycles. The average Bonchev–Trinajstić information content (AvgIpc) is 3.39. The van der Waals surface area contributed by atoms with Crippen LogP contribution in [0.25, 0.3) is 11.7 Å². The van der Waals surface area contributed by atoms with E-state index in [1.165, 1.54) is 11.8 Å². The highest BCUT2D eigenvalue weighted by molar-refractivity contribution is 8.00. The summed E-state index contributed by atoms with van der Waals surface area (Å²) in [4.78, 5) is 13.3. The molecule has 0 radical (unpaired) electrons. The minimum Gasteiger partial charge on any atom is -0.459 e. The number of benzene rings is 2. The summed E-state index contributed by atoms with van der Waals surface area (Å²) in [5.74, 6) is 0.778. The second-order valence-electron chi connectivity index (χ2n) is 6.49. The molecule has 2 aromatic carbocycles. The number of Topliss-reactive ketones (excluding diaryl/α,β-unsaturated/α-hetero) is 1. The molecule has 6 heteroatoms. The molecular formula is C22H18N2O3S. The standard InChI is InChI=1S/C22H18N2O3S/c1-14-5-9-16(10-6-14)19(25)20(17-11-7-15(2)8-12-17)28-22-24-23-21(27-22)18-4-3-13-26-18/h3-13,20H,1-2H3/t20-/m1/s1. The first kappa shape index (κ1) is 18.3. The summed E-state index contributed by atoms with van der Waals surface area (Å²) in [5.41, 5.74) is 3.78. The van der Waals surface area contributed by atoms with Crippen molar-refractivity contribution in [2.45, 2.75) is 24.3 Å². The Morgan fingerprint density at radius 1 is 0.929 bits per heavy atom. The van der Waals surface area contributed by atoms with Gasteiger partial charge in [-0.3, -0.25) is 4.79 Å². The first-order valence-electron chi connectivity index (χ1n) is 8.81. The third kappa shape index (κ3) is 3.92. The monoisotopic (exact) mass is 390 g/mol. The maximum absolute atomic E-state index is 13.3. The lowest BCUT2D eigenvalue weighted by molar-refractivity contribution is 0.0989. The smallest absolute Gasteiger partial charge is 0.284 e. The number of hydrogen-bond donors (Lipinski definition) is 0. The summed E-state index contributed by atoms with van der Waals surface area (Å²) in [6.45, 7) is 4.01. The maximum atomic E-state index is 13.3. The molecule has 0 N–H and O–H groups in total. The fourth-order valence-electron chi connectivity index (χ4n) is 2.74. The van der Waals surface area contributed by atoms with Crippen LogP contribution in [0.5, 0.6) is 0 Å².